The minimum Gasteiger partial charge on any atom is -0.476 e. The third kappa shape index (κ3) is 6.95. The normalized spacial score (nSPS) is 13.7. The van der Waals surface area contributed by atoms with Crippen molar-refractivity contribution in [2.24, 2.45) is 12.0 Å². The highest BCUT2D eigenvalue weighted by atomic mass is 19.4. The molecule has 0 unspecified atom stereocenters. The lowest BCUT2D eigenvalue weighted by Gasteiger charge is -2.28. The highest BCUT2D eigenvalue weighted by Gasteiger charge is 2.38. The Morgan fingerprint density at radius 2 is 1.94 bits per heavy atom. The average molecular weight is 517 g/mol. The van der Waals surface area contributed by atoms with E-state index in [1.54, 1.807) is 13.8 Å². The minimum atomic E-state index is -4.77. The van der Waals surface area contributed by atoms with E-state index in [2.05, 4.69) is 21.7 Å². The van der Waals surface area contributed by atoms with E-state index in [0.717, 1.165) is 12.3 Å². The molecule has 36 heavy (non-hydrogen) atoms. The smallest absolute Gasteiger partial charge is 0.417 e. The zero-order chi connectivity index (χ0) is 27.3. The number of aromatic nitrogens is 3. The van der Waals surface area contributed by atoms with Crippen LogP contribution < -0.4 is 0 Å². The summed E-state index contributed by atoms with van der Waals surface area (Å²) >= 11 is 0. The number of pyridine rings is 1. The summed E-state index contributed by atoms with van der Waals surface area (Å²) in [6.07, 6.45) is -5.25. The molecule has 1 amide bonds. The number of carbonyl (C=O) groups is 1. The van der Waals surface area contributed by atoms with Crippen LogP contribution in [0.3, 0.4) is 0 Å². The van der Waals surface area contributed by atoms with Crippen LogP contribution in [0, 0.1) is 0 Å². The maximum atomic E-state index is 13.8. The molecule has 2 aromatic heterocycles. The van der Waals surface area contributed by atoms with Crippen molar-refractivity contribution in [1.82, 2.24) is 19.7 Å². The number of hydrogen-bond donors (Lipinski definition) is 0. The number of hydrogen-bond acceptors (Lipinski definition) is 5. The van der Waals surface area contributed by atoms with Gasteiger partial charge in [-0.3, -0.25) is 14.5 Å². The number of ether oxygens (including phenoxy) is 1. The van der Waals surface area contributed by atoms with Gasteiger partial charge in [0.2, 0.25) is 5.88 Å². The molecule has 2 heterocycles. The Hall–Kier alpha value is -3.64. The van der Waals surface area contributed by atoms with Crippen LogP contribution in [0.2, 0.25) is 0 Å². The second-order valence-corrected chi connectivity index (χ2v) is 7.61. The van der Waals surface area contributed by atoms with Gasteiger partial charge in [-0.1, -0.05) is 6.58 Å². The van der Waals surface area contributed by atoms with Gasteiger partial charge in [0.1, 0.15) is 12.3 Å². The van der Waals surface area contributed by atoms with Crippen LogP contribution in [-0.4, -0.2) is 57.2 Å². The van der Waals surface area contributed by atoms with Crippen molar-refractivity contribution in [3.8, 4) is 11.3 Å². The Bertz CT molecular complexity index is 1150. The number of amides is 1. The van der Waals surface area contributed by atoms with E-state index in [4.69, 9.17) is 4.74 Å². The zero-order valence-electron chi connectivity index (χ0n) is 20.0. The standard InChI is InChI=1S/C23H25F6N5O2/c1-6-18(31-12-14(3)22(24,25)26)36-13-15(4)34(7-2)21(35)20-19(17-9-11-33(5)32-17)16(8-10-30-20)23(27,28)29/h6,8-12,15H,3,7,13H2,1-2,4-5H3/b18-6+,31-12-/t15-/m0/s1. The van der Waals surface area contributed by atoms with Gasteiger partial charge in [0.05, 0.1) is 22.9 Å². The number of nitrogens with zero attached hydrogens (tertiary/aromatic N) is 5. The predicted molar refractivity (Wildman–Crippen MR) is 121 cm³/mol. The lowest BCUT2D eigenvalue weighted by molar-refractivity contribution is -0.137. The van der Waals surface area contributed by atoms with Gasteiger partial charge in [0, 0.05) is 37.8 Å². The molecule has 0 aliphatic carbocycles. The number of rotatable bonds is 9. The Kier molecular flexibility index (Phi) is 9.05. The first-order valence-corrected chi connectivity index (χ1v) is 10.7. The molecule has 196 valence electrons. The van der Waals surface area contributed by atoms with Gasteiger partial charge in [0.15, 0.2) is 0 Å². The van der Waals surface area contributed by atoms with Gasteiger partial charge in [-0.05, 0) is 39.0 Å². The van der Waals surface area contributed by atoms with Crippen LogP contribution >= 0.6 is 0 Å². The molecule has 0 fully saturated rings. The maximum Gasteiger partial charge on any atom is 0.417 e. The third-order valence-corrected chi connectivity index (χ3v) is 4.99. The predicted octanol–water partition coefficient (Wildman–Crippen LogP) is 5.42. The fourth-order valence-corrected chi connectivity index (χ4v) is 3.17. The van der Waals surface area contributed by atoms with E-state index in [-0.39, 0.29) is 24.7 Å². The number of carbonyl (C=O) groups excluding carboxylic acids is 1. The highest BCUT2D eigenvalue weighted by Crippen LogP contribution is 2.38. The molecule has 0 N–H and O–H groups in total. The molecule has 0 saturated carbocycles. The molecule has 13 heteroatoms. The molecule has 0 bridgehead atoms. The summed E-state index contributed by atoms with van der Waals surface area (Å²) in [6.45, 7) is 7.44. The van der Waals surface area contributed by atoms with E-state index in [1.807, 2.05) is 0 Å². The van der Waals surface area contributed by atoms with Crippen molar-refractivity contribution < 1.29 is 35.9 Å². The van der Waals surface area contributed by atoms with Crippen molar-refractivity contribution in [3.63, 3.8) is 0 Å². The second-order valence-electron chi connectivity index (χ2n) is 7.61. The lowest BCUT2D eigenvalue weighted by Crippen LogP contribution is -2.41. The Labute approximate surface area is 203 Å². The zero-order valence-corrected chi connectivity index (χ0v) is 20.0. The van der Waals surface area contributed by atoms with E-state index in [0.29, 0.717) is 6.21 Å². The monoisotopic (exact) mass is 517 g/mol. The van der Waals surface area contributed by atoms with Crippen molar-refractivity contribution in [2.75, 3.05) is 13.2 Å². The molecule has 7 nitrogen and oxygen atoms in total. The second kappa shape index (κ2) is 11.4. The highest BCUT2D eigenvalue weighted by molar-refractivity contribution is 5.99. The number of aliphatic imine (C=N–C) groups is 1. The van der Waals surface area contributed by atoms with Gasteiger partial charge in [-0.2, -0.15) is 31.4 Å². The first kappa shape index (κ1) is 28.6. The molecule has 0 radical (unpaired) electrons. The largest absolute Gasteiger partial charge is 0.476 e. The number of likely N-dealkylation sites (N-methyl/N-ethyl adjacent to an activating group) is 1. The van der Waals surface area contributed by atoms with Crippen molar-refractivity contribution in [2.45, 2.75) is 39.2 Å². The van der Waals surface area contributed by atoms with E-state index >= 15 is 0 Å². The quantitative estimate of drug-likeness (QED) is 0.253. The van der Waals surface area contributed by atoms with E-state index < -0.39 is 46.7 Å². The van der Waals surface area contributed by atoms with E-state index in [1.165, 1.54) is 41.9 Å². The third-order valence-electron chi connectivity index (χ3n) is 4.99. The minimum absolute atomic E-state index is 0.0725. The van der Waals surface area contributed by atoms with Crippen molar-refractivity contribution in [3.05, 3.63) is 59.9 Å². The van der Waals surface area contributed by atoms with Gasteiger partial charge < -0.3 is 9.64 Å². The number of halogens is 6. The van der Waals surface area contributed by atoms with Crippen LogP contribution in [0.4, 0.5) is 26.3 Å². The summed E-state index contributed by atoms with van der Waals surface area (Å²) in [5.74, 6) is -0.946. The van der Waals surface area contributed by atoms with Gasteiger partial charge >= 0.3 is 12.4 Å². The molecule has 2 aromatic rings. The topological polar surface area (TPSA) is 72.6 Å². The summed E-state index contributed by atoms with van der Waals surface area (Å²) in [7, 11) is 1.53. The SMILES string of the molecule is C=C(/C=N\C(=C/C)OC[C@H](C)N(CC)C(=O)c1nccc(C(F)(F)F)c1-c1ccn(C)n1)C(F)(F)F. The Morgan fingerprint density at radius 3 is 2.44 bits per heavy atom. The molecule has 2 rings (SSSR count). The summed E-state index contributed by atoms with van der Waals surface area (Å²) in [5.41, 5.74) is -3.21. The Morgan fingerprint density at radius 1 is 1.28 bits per heavy atom. The summed E-state index contributed by atoms with van der Waals surface area (Å²) in [6, 6.07) is 1.41. The fraction of sp³-hybridized carbons (Fsp3) is 0.391. The molecular formula is C23H25F6N5O2. The lowest BCUT2D eigenvalue weighted by atomic mass is 10.0. The van der Waals surface area contributed by atoms with Gasteiger partial charge in [-0.15, -0.1) is 0 Å². The van der Waals surface area contributed by atoms with Gasteiger partial charge in [-0.25, -0.2) is 4.99 Å². The number of alkyl halides is 6. The first-order valence-electron chi connectivity index (χ1n) is 10.7. The number of aryl methyl sites for hydroxylation is 1. The number of allylic oxidation sites excluding steroid dienone is 2. The first-order chi connectivity index (χ1) is 16.7. The molecule has 1 atom stereocenters. The van der Waals surface area contributed by atoms with E-state index in [9.17, 15) is 31.1 Å². The summed E-state index contributed by atoms with van der Waals surface area (Å²) in [4.78, 5) is 22.1. The molecule has 0 aromatic carbocycles. The molecule has 0 aliphatic heterocycles. The van der Waals surface area contributed by atoms with Crippen molar-refractivity contribution in [1.29, 1.82) is 0 Å². The molecular weight excluding hydrogens is 492 g/mol. The molecule has 0 saturated heterocycles. The average Bonchev–Trinajstić information content (AvgIpc) is 3.23. The van der Waals surface area contributed by atoms with Crippen LogP contribution in [0.1, 0.15) is 36.8 Å². The fourth-order valence-electron chi connectivity index (χ4n) is 3.17. The van der Waals surface area contributed by atoms with Crippen LogP contribution in [0.25, 0.3) is 11.3 Å². The Balaban J connectivity index is 2.32. The van der Waals surface area contributed by atoms with Crippen molar-refractivity contribution >= 4 is 12.1 Å². The summed E-state index contributed by atoms with van der Waals surface area (Å²) < 4.78 is 85.9. The van der Waals surface area contributed by atoms with Crippen LogP contribution in [0.15, 0.2) is 53.6 Å². The maximum absolute atomic E-state index is 13.8. The van der Waals surface area contributed by atoms with Crippen LogP contribution in [0.5, 0.6) is 0 Å². The molecule has 0 aliphatic rings. The van der Waals surface area contributed by atoms with Crippen LogP contribution in [-0.2, 0) is 18.0 Å². The van der Waals surface area contributed by atoms with Gasteiger partial charge in [0.25, 0.3) is 5.91 Å². The molecule has 0 spiro atoms. The summed E-state index contributed by atoms with van der Waals surface area (Å²) in [5, 5.41) is 4.02.